The summed E-state index contributed by atoms with van der Waals surface area (Å²) in [5.41, 5.74) is 8.25. The fourth-order valence-electron chi connectivity index (χ4n) is 1.86. The maximum Gasteiger partial charge on any atom is 0.167 e. The Bertz CT molecular complexity index is 550. The van der Waals surface area contributed by atoms with Crippen LogP contribution in [0.4, 0.5) is 0 Å². The van der Waals surface area contributed by atoms with E-state index in [4.69, 9.17) is 10.5 Å². The van der Waals surface area contributed by atoms with Crippen LogP contribution in [-0.4, -0.2) is 12.9 Å². The van der Waals surface area contributed by atoms with Crippen molar-refractivity contribution in [1.82, 2.24) is 0 Å². The molecule has 4 heteroatoms. The minimum absolute atomic E-state index is 0. The lowest BCUT2D eigenvalue weighted by Gasteiger charge is -2.04. The first-order valence-corrected chi connectivity index (χ1v) is 6.18. The summed E-state index contributed by atoms with van der Waals surface area (Å²) in [6.45, 7) is 0.493. The van der Waals surface area contributed by atoms with Crippen LogP contribution in [-0.2, 0) is 13.0 Å². The summed E-state index contributed by atoms with van der Waals surface area (Å²) in [5.74, 6) is 0.900. The molecule has 0 aromatic heterocycles. The average molecular weight is 292 g/mol. The van der Waals surface area contributed by atoms with Gasteiger partial charge in [0.05, 0.1) is 7.11 Å². The predicted octanol–water partition coefficient (Wildman–Crippen LogP) is 3.00. The van der Waals surface area contributed by atoms with Crippen molar-refractivity contribution in [2.24, 2.45) is 5.73 Å². The second-order valence-corrected chi connectivity index (χ2v) is 4.35. The Morgan fingerprint density at radius 1 is 1.00 bits per heavy atom. The average Bonchev–Trinajstić information content (AvgIpc) is 2.48. The molecule has 0 amide bonds. The van der Waals surface area contributed by atoms with Crippen molar-refractivity contribution in [1.29, 1.82) is 0 Å². The van der Waals surface area contributed by atoms with Crippen LogP contribution in [0.1, 0.15) is 21.5 Å². The Labute approximate surface area is 125 Å². The molecule has 3 nitrogen and oxygen atoms in total. The highest BCUT2D eigenvalue weighted by Crippen LogP contribution is 2.14. The SMILES string of the molecule is COc1ccc(CC(=O)c2ccc(CN)cc2)cc1.Cl. The van der Waals surface area contributed by atoms with E-state index in [0.717, 1.165) is 16.9 Å². The molecule has 0 saturated carbocycles. The smallest absolute Gasteiger partial charge is 0.167 e. The molecule has 0 aliphatic rings. The minimum Gasteiger partial charge on any atom is -0.497 e. The van der Waals surface area contributed by atoms with Crippen LogP contribution in [0.15, 0.2) is 48.5 Å². The maximum absolute atomic E-state index is 12.1. The molecule has 0 spiro atoms. The van der Waals surface area contributed by atoms with Crippen LogP contribution >= 0.6 is 12.4 Å². The zero-order chi connectivity index (χ0) is 13.7. The summed E-state index contributed by atoms with van der Waals surface area (Å²) in [7, 11) is 1.62. The molecule has 0 heterocycles. The molecule has 0 fully saturated rings. The standard InChI is InChI=1S/C16H17NO2.ClH/c1-19-15-8-4-12(5-9-15)10-16(18)14-6-2-13(11-17)3-7-14;/h2-9H,10-11,17H2,1H3;1H. The third-order valence-electron chi connectivity index (χ3n) is 3.04. The van der Waals surface area contributed by atoms with E-state index in [1.165, 1.54) is 0 Å². The van der Waals surface area contributed by atoms with E-state index in [1.807, 2.05) is 48.5 Å². The second kappa shape index (κ2) is 7.68. The lowest BCUT2D eigenvalue weighted by molar-refractivity contribution is 0.0993. The minimum atomic E-state index is 0. The molecule has 0 aliphatic heterocycles. The van der Waals surface area contributed by atoms with Crippen LogP contribution < -0.4 is 10.5 Å². The molecule has 0 bridgehead atoms. The first-order chi connectivity index (χ1) is 9.22. The lowest BCUT2D eigenvalue weighted by atomic mass is 10.0. The molecule has 2 aromatic carbocycles. The van der Waals surface area contributed by atoms with Gasteiger partial charge < -0.3 is 10.5 Å². The van der Waals surface area contributed by atoms with Gasteiger partial charge >= 0.3 is 0 Å². The highest BCUT2D eigenvalue weighted by atomic mass is 35.5. The number of carbonyl (C=O) groups is 1. The van der Waals surface area contributed by atoms with Crippen LogP contribution in [0.3, 0.4) is 0 Å². The number of benzene rings is 2. The molecule has 0 saturated heterocycles. The number of hydrogen-bond donors (Lipinski definition) is 1. The van der Waals surface area contributed by atoms with E-state index in [-0.39, 0.29) is 18.2 Å². The molecule has 0 aliphatic carbocycles. The van der Waals surface area contributed by atoms with Crippen LogP contribution in [0, 0.1) is 0 Å². The van der Waals surface area contributed by atoms with Crippen molar-refractivity contribution in [3.05, 3.63) is 65.2 Å². The largest absolute Gasteiger partial charge is 0.497 e. The molecule has 0 radical (unpaired) electrons. The van der Waals surface area contributed by atoms with Crippen LogP contribution in [0.5, 0.6) is 5.75 Å². The molecule has 0 atom stereocenters. The second-order valence-electron chi connectivity index (χ2n) is 4.35. The lowest BCUT2D eigenvalue weighted by Crippen LogP contribution is -2.04. The van der Waals surface area contributed by atoms with Crippen LogP contribution in [0.2, 0.25) is 0 Å². The van der Waals surface area contributed by atoms with Crippen LogP contribution in [0.25, 0.3) is 0 Å². The number of ether oxygens (including phenoxy) is 1. The van der Waals surface area contributed by atoms with Gasteiger partial charge in [0.2, 0.25) is 0 Å². The van der Waals surface area contributed by atoms with Crippen molar-refractivity contribution in [2.45, 2.75) is 13.0 Å². The van der Waals surface area contributed by atoms with Gasteiger partial charge in [-0.1, -0.05) is 36.4 Å². The molecule has 2 N–H and O–H groups in total. The number of methoxy groups -OCH3 is 1. The van der Waals surface area contributed by atoms with Crippen molar-refractivity contribution < 1.29 is 9.53 Å². The Kier molecular flexibility index (Phi) is 6.22. The van der Waals surface area contributed by atoms with Gasteiger partial charge in [-0.3, -0.25) is 4.79 Å². The van der Waals surface area contributed by atoms with Crippen molar-refractivity contribution in [3.63, 3.8) is 0 Å². The van der Waals surface area contributed by atoms with E-state index in [9.17, 15) is 4.79 Å². The molecule has 106 valence electrons. The highest BCUT2D eigenvalue weighted by Gasteiger charge is 2.07. The zero-order valence-corrected chi connectivity index (χ0v) is 12.2. The third kappa shape index (κ3) is 4.08. The van der Waals surface area contributed by atoms with E-state index >= 15 is 0 Å². The van der Waals surface area contributed by atoms with E-state index < -0.39 is 0 Å². The van der Waals surface area contributed by atoms with Gasteiger partial charge in [-0.2, -0.15) is 0 Å². The van der Waals surface area contributed by atoms with Gasteiger partial charge in [0.25, 0.3) is 0 Å². The number of rotatable bonds is 5. The van der Waals surface area contributed by atoms with Gasteiger partial charge in [-0.15, -0.1) is 12.4 Å². The molecule has 2 rings (SSSR count). The van der Waals surface area contributed by atoms with Crippen molar-refractivity contribution in [3.8, 4) is 5.75 Å². The topological polar surface area (TPSA) is 52.3 Å². The summed E-state index contributed by atoms with van der Waals surface area (Å²) in [4.78, 5) is 12.1. The number of carbonyl (C=O) groups excluding carboxylic acids is 1. The Morgan fingerprint density at radius 2 is 1.55 bits per heavy atom. The summed E-state index contributed by atoms with van der Waals surface area (Å²) in [5, 5.41) is 0. The molecular weight excluding hydrogens is 274 g/mol. The molecule has 20 heavy (non-hydrogen) atoms. The monoisotopic (exact) mass is 291 g/mol. The Hall–Kier alpha value is -1.84. The molecule has 2 aromatic rings. The first-order valence-electron chi connectivity index (χ1n) is 6.18. The fourth-order valence-corrected chi connectivity index (χ4v) is 1.86. The van der Waals surface area contributed by atoms with Gasteiger partial charge in [0, 0.05) is 18.5 Å². The Balaban J connectivity index is 0.00000200. The van der Waals surface area contributed by atoms with Gasteiger partial charge in [-0.05, 0) is 23.3 Å². The van der Waals surface area contributed by atoms with E-state index in [0.29, 0.717) is 18.5 Å². The number of nitrogens with two attached hydrogens (primary N) is 1. The maximum atomic E-state index is 12.1. The van der Waals surface area contributed by atoms with Gasteiger partial charge in [0.1, 0.15) is 5.75 Å². The number of ketones is 1. The van der Waals surface area contributed by atoms with Gasteiger partial charge in [-0.25, -0.2) is 0 Å². The number of halogens is 1. The Morgan fingerprint density at radius 3 is 2.05 bits per heavy atom. The van der Waals surface area contributed by atoms with E-state index in [1.54, 1.807) is 7.11 Å². The summed E-state index contributed by atoms with van der Waals surface area (Å²) in [6, 6.07) is 15.0. The van der Waals surface area contributed by atoms with Crippen molar-refractivity contribution >= 4 is 18.2 Å². The summed E-state index contributed by atoms with van der Waals surface area (Å²) < 4.78 is 5.09. The van der Waals surface area contributed by atoms with E-state index in [2.05, 4.69) is 0 Å². The summed E-state index contributed by atoms with van der Waals surface area (Å²) >= 11 is 0. The first kappa shape index (κ1) is 16.2. The fraction of sp³-hybridized carbons (Fsp3) is 0.188. The normalized spacial score (nSPS) is 9.70. The zero-order valence-electron chi connectivity index (χ0n) is 11.3. The predicted molar refractivity (Wildman–Crippen MR) is 82.6 cm³/mol. The van der Waals surface area contributed by atoms with Gasteiger partial charge in [0.15, 0.2) is 5.78 Å². The van der Waals surface area contributed by atoms with Crippen molar-refractivity contribution in [2.75, 3.05) is 7.11 Å². The number of Topliss-reactive ketones (excluding diaryl/α,β-unsaturated/α-hetero) is 1. The highest BCUT2D eigenvalue weighted by molar-refractivity contribution is 5.97. The molecule has 0 unspecified atom stereocenters. The number of hydrogen-bond acceptors (Lipinski definition) is 3. The summed E-state index contributed by atoms with van der Waals surface area (Å²) in [6.07, 6.45) is 0.395. The molecular formula is C16H18ClNO2. The quantitative estimate of drug-likeness (QED) is 0.862. The third-order valence-corrected chi connectivity index (χ3v) is 3.04.